The van der Waals surface area contributed by atoms with E-state index in [4.69, 9.17) is 9.84 Å². The average Bonchev–Trinajstić information content (AvgIpc) is 3.00. The van der Waals surface area contributed by atoms with Crippen molar-refractivity contribution in [3.63, 3.8) is 0 Å². The minimum Gasteiger partial charge on any atom is -0.487 e. The zero-order chi connectivity index (χ0) is 17.4. The molecule has 0 aliphatic carbocycles. The van der Waals surface area contributed by atoms with Gasteiger partial charge in [-0.2, -0.15) is 0 Å². The molecule has 6 heteroatoms. The second-order valence-electron chi connectivity index (χ2n) is 6.41. The number of hydrogen-bond acceptors (Lipinski definition) is 4. The van der Waals surface area contributed by atoms with Crippen LogP contribution >= 0.6 is 0 Å². The molecule has 0 aromatic heterocycles. The van der Waals surface area contributed by atoms with Gasteiger partial charge in [-0.05, 0) is 29.8 Å². The summed E-state index contributed by atoms with van der Waals surface area (Å²) >= 11 is 0. The second-order valence-corrected chi connectivity index (χ2v) is 6.41. The van der Waals surface area contributed by atoms with E-state index in [0.29, 0.717) is 30.9 Å². The van der Waals surface area contributed by atoms with Crippen molar-refractivity contribution in [2.45, 2.75) is 25.1 Å². The van der Waals surface area contributed by atoms with E-state index in [1.165, 1.54) is 0 Å². The van der Waals surface area contributed by atoms with E-state index < -0.39 is 5.97 Å². The first kappa shape index (κ1) is 15.7. The molecule has 1 amide bonds. The van der Waals surface area contributed by atoms with Crippen molar-refractivity contribution in [3.05, 3.63) is 59.7 Å². The number of carbonyl (C=O) groups is 2. The number of benzene rings is 2. The molecular weight excluding hydrogens is 320 g/mol. The van der Waals surface area contributed by atoms with E-state index in [1.54, 1.807) is 24.3 Å². The third kappa shape index (κ3) is 3.08. The Labute approximate surface area is 145 Å². The highest BCUT2D eigenvalue weighted by Gasteiger charge is 2.39. The fourth-order valence-electron chi connectivity index (χ4n) is 3.45. The Morgan fingerprint density at radius 2 is 1.96 bits per heavy atom. The summed E-state index contributed by atoms with van der Waals surface area (Å²) in [6.45, 7) is 1.24. The van der Waals surface area contributed by atoms with E-state index in [1.807, 2.05) is 24.3 Å². The van der Waals surface area contributed by atoms with Crippen molar-refractivity contribution in [2.75, 3.05) is 11.9 Å². The van der Waals surface area contributed by atoms with Crippen LogP contribution in [0, 0.1) is 0 Å². The lowest BCUT2D eigenvalue weighted by molar-refractivity contribution is -0.120. The van der Waals surface area contributed by atoms with Gasteiger partial charge in [0.1, 0.15) is 11.9 Å². The molecule has 2 aromatic rings. The molecule has 2 aliphatic heterocycles. The Hall–Kier alpha value is -2.86. The van der Waals surface area contributed by atoms with Crippen LogP contribution in [0.15, 0.2) is 48.5 Å². The minimum atomic E-state index is -0.943. The van der Waals surface area contributed by atoms with Crippen molar-refractivity contribution in [1.82, 2.24) is 4.90 Å². The Balaban J connectivity index is 1.53. The van der Waals surface area contributed by atoms with Gasteiger partial charge in [0.2, 0.25) is 5.91 Å². The Kier molecular flexibility index (Phi) is 3.89. The molecule has 1 fully saturated rings. The molecule has 0 unspecified atom stereocenters. The summed E-state index contributed by atoms with van der Waals surface area (Å²) in [6, 6.07) is 14.0. The van der Waals surface area contributed by atoms with Crippen LogP contribution in [0.1, 0.15) is 22.3 Å². The number of ether oxygens (including phenoxy) is 1. The van der Waals surface area contributed by atoms with E-state index in [0.717, 1.165) is 5.56 Å². The number of rotatable bonds is 3. The highest BCUT2D eigenvalue weighted by atomic mass is 16.5. The maximum atomic E-state index is 12.6. The quantitative estimate of drug-likeness (QED) is 0.898. The Morgan fingerprint density at radius 1 is 1.20 bits per heavy atom. The molecule has 2 N–H and O–H groups in total. The molecule has 6 nitrogen and oxygen atoms in total. The predicted molar refractivity (Wildman–Crippen MR) is 91.7 cm³/mol. The first-order valence-electron chi connectivity index (χ1n) is 8.23. The number of nitrogens with one attached hydrogen (secondary N) is 1. The molecule has 25 heavy (non-hydrogen) atoms. The summed E-state index contributed by atoms with van der Waals surface area (Å²) in [6.07, 6.45) is 0.614. The van der Waals surface area contributed by atoms with Gasteiger partial charge < -0.3 is 15.2 Å². The zero-order valence-electron chi connectivity index (χ0n) is 13.5. The standard InChI is InChI=1S/C19H18N2O4/c22-18-16-9-14(25-17-4-2-1-3-15(17)20-18)11-21(16)10-12-5-7-13(8-6-12)19(23)24/h1-8,14,16H,9-11H2,(H,20,22)(H,23,24)/t14-,16-/m0/s1. The number of para-hydroxylation sites is 2. The maximum absolute atomic E-state index is 12.6. The van der Waals surface area contributed by atoms with Gasteiger partial charge in [0.25, 0.3) is 0 Å². The Morgan fingerprint density at radius 3 is 2.72 bits per heavy atom. The van der Waals surface area contributed by atoms with Crippen LogP contribution in [0.4, 0.5) is 5.69 Å². The van der Waals surface area contributed by atoms with Crippen molar-refractivity contribution in [2.24, 2.45) is 0 Å². The molecule has 1 saturated heterocycles. The molecule has 0 saturated carbocycles. The van der Waals surface area contributed by atoms with E-state index >= 15 is 0 Å². The lowest BCUT2D eigenvalue weighted by atomic mass is 10.1. The molecule has 2 heterocycles. The number of anilines is 1. The molecule has 128 valence electrons. The summed E-state index contributed by atoms with van der Waals surface area (Å²) in [7, 11) is 0. The van der Waals surface area contributed by atoms with Crippen molar-refractivity contribution in [3.8, 4) is 5.75 Å². The first-order chi connectivity index (χ1) is 12.1. The van der Waals surface area contributed by atoms with Crippen molar-refractivity contribution >= 4 is 17.6 Å². The van der Waals surface area contributed by atoms with E-state index in [9.17, 15) is 9.59 Å². The fraction of sp³-hybridized carbons (Fsp3) is 0.263. The molecule has 2 bridgehead atoms. The van der Waals surface area contributed by atoms with Gasteiger partial charge in [-0.25, -0.2) is 4.79 Å². The number of likely N-dealkylation sites (tertiary alicyclic amines) is 1. The summed E-state index contributed by atoms with van der Waals surface area (Å²) < 4.78 is 6.06. The van der Waals surface area contributed by atoms with Crippen LogP contribution in [-0.2, 0) is 11.3 Å². The highest BCUT2D eigenvalue weighted by Crippen LogP contribution is 2.33. The summed E-state index contributed by atoms with van der Waals surface area (Å²) in [5.41, 5.74) is 1.93. The largest absolute Gasteiger partial charge is 0.487 e. The number of aromatic carboxylic acids is 1. The molecule has 0 radical (unpaired) electrons. The SMILES string of the molecule is O=C(O)c1ccc(CN2C[C@@H]3C[C@H]2C(=O)Nc2ccccc2O3)cc1. The minimum absolute atomic E-state index is 0.0274. The van der Waals surface area contributed by atoms with Gasteiger partial charge in [-0.3, -0.25) is 9.69 Å². The van der Waals surface area contributed by atoms with Gasteiger partial charge in [0, 0.05) is 19.5 Å². The van der Waals surface area contributed by atoms with Crippen molar-refractivity contribution in [1.29, 1.82) is 0 Å². The summed E-state index contributed by atoms with van der Waals surface area (Å²) in [5.74, 6) is -0.269. The third-order valence-corrected chi connectivity index (χ3v) is 4.69. The van der Waals surface area contributed by atoms with Gasteiger partial charge in [-0.15, -0.1) is 0 Å². The van der Waals surface area contributed by atoms with Crippen LogP contribution in [0.5, 0.6) is 5.75 Å². The van der Waals surface area contributed by atoms with Gasteiger partial charge >= 0.3 is 5.97 Å². The van der Waals surface area contributed by atoms with Crippen LogP contribution in [-0.4, -0.2) is 40.6 Å². The first-order valence-corrected chi connectivity index (χ1v) is 8.23. The third-order valence-electron chi connectivity index (χ3n) is 4.69. The number of carboxylic acid groups (broad SMARTS) is 1. The monoisotopic (exact) mass is 338 g/mol. The van der Waals surface area contributed by atoms with Crippen LogP contribution in [0.2, 0.25) is 0 Å². The predicted octanol–water partition coefficient (Wildman–Crippen LogP) is 2.36. The number of fused-ring (bicyclic) bond motifs is 3. The number of hydrogen-bond donors (Lipinski definition) is 2. The summed E-state index contributed by atoms with van der Waals surface area (Å²) in [5, 5.41) is 11.9. The lowest BCUT2D eigenvalue weighted by Gasteiger charge is -2.23. The average molecular weight is 338 g/mol. The second kappa shape index (κ2) is 6.22. The highest BCUT2D eigenvalue weighted by molar-refractivity contribution is 5.96. The molecule has 2 atom stereocenters. The molecule has 0 spiro atoms. The van der Waals surface area contributed by atoms with E-state index in [-0.39, 0.29) is 23.6 Å². The fourth-order valence-corrected chi connectivity index (χ4v) is 3.45. The van der Waals surface area contributed by atoms with Crippen LogP contribution in [0.25, 0.3) is 0 Å². The van der Waals surface area contributed by atoms with Gasteiger partial charge in [-0.1, -0.05) is 24.3 Å². The van der Waals surface area contributed by atoms with Crippen molar-refractivity contribution < 1.29 is 19.4 Å². The molecule has 2 aromatic carbocycles. The van der Waals surface area contributed by atoms with Crippen LogP contribution < -0.4 is 10.1 Å². The Bertz CT molecular complexity index is 818. The molecule has 4 rings (SSSR count). The zero-order valence-corrected chi connectivity index (χ0v) is 13.5. The van der Waals surface area contributed by atoms with Gasteiger partial charge in [0.05, 0.1) is 17.3 Å². The number of amides is 1. The number of carbonyl (C=O) groups excluding carboxylic acids is 1. The number of carboxylic acids is 1. The molecular formula is C19H18N2O4. The van der Waals surface area contributed by atoms with Crippen LogP contribution in [0.3, 0.4) is 0 Å². The van der Waals surface area contributed by atoms with Gasteiger partial charge in [0.15, 0.2) is 0 Å². The summed E-state index contributed by atoms with van der Waals surface area (Å²) in [4.78, 5) is 25.7. The molecule has 2 aliphatic rings. The normalized spacial score (nSPS) is 22.3. The lowest BCUT2D eigenvalue weighted by Crippen LogP contribution is -2.39. The topological polar surface area (TPSA) is 78.9 Å². The van der Waals surface area contributed by atoms with E-state index in [2.05, 4.69) is 10.2 Å². The smallest absolute Gasteiger partial charge is 0.335 e. The maximum Gasteiger partial charge on any atom is 0.335 e. The number of nitrogens with zero attached hydrogens (tertiary/aromatic N) is 1.